The van der Waals surface area contributed by atoms with E-state index in [2.05, 4.69) is 6.92 Å². The molecule has 1 aliphatic heterocycles. The van der Waals surface area contributed by atoms with Crippen LogP contribution in [0.3, 0.4) is 0 Å². The number of amides is 1. The molecular formula is C24H25NO5. The van der Waals surface area contributed by atoms with Gasteiger partial charge in [0, 0.05) is 6.54 Å². The molecule has 1 aliphatic rings. The first-order valence-electron chi connectivity index (χ1n) is 10.3. The van der Waals surface area contributed by atoms with E-state index in [1.165, 1.54) is 0 Å². The number of hydrogen-bond donors (Lipinski definition) is 0. The summed E-state index contributed by atoms with van der Waals surface area (Å²) in [6, 6.07) is 12.0. The van der Waals surface area contributed by atoms with Crippen molar-refractivity contribution >= 4 is 16.9 Å². The summed E-state index contributed by atoms with van der Waals surface area (Å²) in [4.78, 5) is 28.0. The van der Waals surface area contributed by atoms with Crippen LogP contribution >= 0.6 is 0 Å². The molecule has 0 saturated heterocycles. The Labute approximate surface area is 175 Å². The lowest BCUT2D eigenvalue weighted by Gasteiger charge is -2.24. The number of benzene rings is 2. The molecule has 1 amide bonds. The number of ether oxygens (including phenoxy) is 2. The summed E-state index contributed by atoms with van der Waals surface area (Å²) in [6.45, 7) is 5.04. The van der Waals surface area contributed by atoms with Crippen LogP contribution in [0.5, 0.6) is 11.5 Å². The Kier molecular flexibility index (Phi) is 5.48. The first-order chi connectivity index (χ1) is 14.6. The molecule has 0 aliphatic carbocycles. The van der Waals surface area contributed by atoms with Crippen LogP contribution in [0.25, 0.3) is 11.0 Å². The molecule has 0 N–H and O–H groups in total. The Morgan fingerprint density at radius 2 is 1.87 bits per heavy atom. The average molecular weight is 407 g/mol. The predicted molar refractivity (Wildman–Crippen MR) is 114 cm³/mol. The highest BCUT2D eigenvalue weighted by molar-refractivity contribution is 5.99. The van der Waals surface area contributed by atoms with Gasteiger partial charge in [-0.2, -0.15) is 0 Å². The van der Waals surface area contributed by atoms with E-state index < -0.39 is 6.04 Å². The van der Waals surface area contributed by atoms with Gasteiger partial charge in [0.05, 0.1) is 30.7 Å². The van der Waals surface area contributed by atoms with Crippen LogP contribution in [-0.2, 0) is 0 Å². The fourth-order valence-electron chi connectivity index (χ4n) is 3.94. The maximum Gasteiger partial charge on any atom is 0.290 e. The average Bonchev–Trinajstić information content (AvgIpc) is 3.06. The Morgan fingerprint density at radius 3 is 2.60 bits per heavy atom. The van der Waals surface area contributed by atoms with Gasteiger partial charge in [-0.25, -0.2) is 0 Å². The third-order valence-corrected chi connectivity index (χ3v) is 5.47. The van der Waals surface area contributed by atoms with Crippen molar-refractivity contribution < 1.29 is 18.7 Å². The second kappa shape index (κ2) is 8.22. The summed E-state index contributed by atoms with van der Waals surface area (Å²) in [5.74, 6) is 1.06. The van der Waals surface area contributed by atoms with Crippen LogP contribution in [0.15, 0.2) is 51.7 Å². The highest BCUT2D eigenvalue weighted by Gasteiger charge is 2.42. The van der Waals surface area contributed by atoms with Crippen molar-refractivity contribution in [2.24, 2.45) is 0 Å². The van der Waals surface area contributed by atoms with E-state index in [0.717, 1.165) is 18.4 Å². The number of carbonyl (C=O) groups is 1. The number of hydrogen-bond acceptors (Lipinski definition) is 5. The summed E-state index contributed by atoms with van der Waals surface area (Å²) in [5, 5.41) is 0.471. The number of carbonyl (C=O) groups excluding carboxylic acids is 1. The van der Waals surface area contributed by atoms with Gasteiger partial charge < -0.3 is 18.8 Å². The molecule has 0 saturated carbocycles. The molecule has 2 heterocycles. The quantitative estimate of drug-likeness (QED) is 0.538. The molecule has 0 radical (unpaired) electrons. The molecule has 30 heavy (non-hydrogen) atoms. The van der Waals surface area contributed by atoms with Gasteiger partial charge in [-0.3, -0.25) is 9.59 Å². The van der Waals surface area contributed by atoms with Crippen LogP contribution in [0.4, 0.5) is 0 Å². The van der Waals surface area contributed by atoms with E-state index in [9.17, 15) is 9.59 Å². The maximum absolute atomic E-state index is 13.3. The van der Waals surface area contributed by atoms with E-state index in [-0.39, 0.29) is 17.1 Å². The molecular weight excluding hydrogens is 382 g/mol. The fraction of sp³-hybridized carbons (Fsp3) is 0.333. The van der Waals surface area contributed by atoms with Crippen LogP contribution < -0.4 is 14.9 Å². The van der Waals surface area contributed by atoms with Crippen molar-refractivity contribution in [3.63, 3.8) is 0 Å². The van der Waals surface area contributed by atoms with E-state index >= 15 is 0 Å². The number of unbranched alkanes of at least 4 members (excludes halogenated alkanes) is 1. The van der Waals surface area contributed by atoms with Gasteiger partial charge in [-0.15, -0.1) is 0 Å². The van der Waals surface area contributed by atoms with Gasteiger partial charge in [0.15, 0.2) is 16.9 Å². The van der Waals surface area contributed by atoms with Gasteiger partial charge in [-0.05, 0) is 43.2 Å². The normalized spacial score (nSPS) is 15.5. The lowest BCUT2D eigenvalue weighted by atomic mass is 9.98. The Hall–Kier alpha value is -3.28. The number of fused-ring (bicyclic) bond motifs is 2. The van der Waals surface area contributed by atoms with Crippen molar-refractivity contribution in [1.29, 1.82) is 0 Å². The Balaban J connectivity index is 1.84. The van der Waals surface area contributed by atoms with Crippen molar-refractivity contribution in [2.45, 2.75) is 32.7 Å². The van der Waals surface area contributed by atoms with Crippen LogP contribution in [0.2, 0.25) is 0 Å². The molecule has 1 unspecified atom stereocenters. The topological polar surface area (TPSA) is 69.0 Å². The largest absolute Gasteiger partial charge is 0.493 e. The summed E-state index contributed by atoms with van der Waals surface area (Å²) >= 11 is 0. The standard InChI is InChI=1S/C24H25NO5/c1-4-6-13-29-18-12-11-15(14-19(18)28-3)21-20-22(26)16-9-7-8-10-17(16)30-23(20)24(27)25(21)5-2/h7-12,14,21H,4-6,13H2,1-3H3. The third-order valence-electron chi connectivity index (χ3n) is 5.47. The van der Waals surface area contributed by atoms with E-state index in [4.69, 9.17) is 13.9 Å². The zero-order valence-corrected chi connectivity index (χ0v) is 17.4. The van der Waals surface area contributed by atoms with Gasteiger partial charge in [0.2, 0.25) is 5.76 Å². The number of para-hydroxylation sites is 1. The van der Waals surface area contributed by atoms with Crippen molar-refractivity contribution in [1.82, 2.24) is 4.90 Å². The molecule has 1 atom stereocenters. The van der Waals surface area contributed by atoms with Crippen LogP contribution in [-0.4, -0.2) is 31.1 Å². The molecule has 3 aromatic rings. The highest BCUT2D eigenvalue weighted by atomic mass is 16.5. The summed E-state index contributed by atoms with van der Waals surface area (Å²) in [7, 11) is 1.58. The van der Waals surface area contributed by atoms with Gasteiger partial charge >= 0.3 is 0 Å². The monoisotopic (exact) mass is 407 g/mol. The van der Waals surface area contributed by atoms with E-state index in [1.807, 2.05) is 25.1 Å². The van der Waals surface area contributed by atoms with E-state index in [0.29, 0.717) is 41.2 Å². The van der Waals surface area contributed by atoms with Gasteiger partial charge in [0.1, 0.15) is 5.58 Å². The van der Waals surface area contributed by atoms with Crippen molar-refractivity contribution in [3.8, 4) is 11.5 Å². The van der Waals surface area contributed by atoms with Crippen molar-refractivity contribution in [3.05, 3.63) is 69.6 Å². The molecule has 1 aromatic heterocycles. The SMILES string of the molecule is CCCCOc1ccc(C2c3c(oc4ccccc4c3=O)C(=O)N2CC)cc1OC. The minimum absolute atomic E-state index is 0.118. The fourth-order valence-corrected chi connectivity index (χ4v) is 3.94. The zero-order valence-electron chi connectivity index (χ0n) is 17.4. The Morgan fingerprint density at radius 1 is 1.07 bits per heavy atom. The zero-order chi connectivity index (χ0) is 21.3. The predicted octanol–water partition coefficient (Wildman–Crippen LogP) is 4.55. The minimum atomic E-state index is -0.531. The van der Waals surface area contributed by atoms with Gasteiger partial charge in [-0.1, -0.05) is 31.5 Å². The first-order valence-corrected chi connectivity index (χ1v) is 10.3. The second-order valence-corrected chi connectivity index (χ2v) is 7.28. The van der Waals surface area contributed by atoms with Crippen molar-refractivity contribution in [2.75, 3.05) is 20.3 Å². The molecule has 6 nitrogen and oxygen atoms in total. The molecule has 6 heteroatoms. The molecule has 4 rings (SSSR count). The lowest BCUT2D eigenvalue weighted by molar-refractivity contribution is 0.0737. The third kappa shape index (κ3) is 3.22. The molecule has 156 valence electrons. The minimum Gasteiger partial charge on any atom is -0.493 e. The van der Waals surface area contributed by atoms with Crippen LogP contribution in [0, 0.1) is 0 Å². The maximum atomic E-state index is 13.3. The number of nitrogens with zero attached hydrogens (tertiary/aromatic N) is 1. The first kappa shape index (κ1) is 20.0. The summed E-state index contributed by atoms with van der Waals surface area (Å²) < 4.78 is 17.2. The Bertz CT molecular complexity index is 1150. The molecule has 0 bridgehead atoms. The number of methoxy groups -OCH3 is 1. The number of rotatable bonds is 7. The summed E-state index contributed by atoms with van der Waals surface area (Å²) in [5.41, 5.74) is 1.40. The smallest absolute Gasteiger partial charge is 0.290 e. The van der Waals surface area contributed by atoms with E-state index in [1.54, 1.807) is 36.3 Å². The lowest BCUT2D eigenvalue weighted by Crippen LogP contribution is -2.29. The second-order valence-electron chi connectivity index (χ2n) is 7.28. The summed E-state index contributed by atoms with van der Waals surface area (Å²) in [6.07, 6.45) is 1.99. The highest BCUT2D eigenvalue weighted by Crippen LogP contribution is 2.40. The molecule has 2 aromatic carbocycles. The van der Waals surface area contributed by atoms with Gasteiger partial charge in [0.25, 0.3) is 5.91 Å². The van der Waals surface area contributed by atoms with Crippen LogP contribution in [0.1, 0.15) is 54.4 Å². The molecule has 0 fully saturated rings. The molecule has 0 spiro atoms.